The normalized spacial score (nSPS) is 18.4. The molecule has 1 aliphatic carbocycles. The fourth-order valence-electron chi connectivity index (χ4n) is 5.18. The van der Waals surface area contributed by atoms with Crippen molar-refractivity contribution in [3.8, 4) is 16.9 Å². The first-order valence-electron chi connectivity index (χ1n) is 12.3. The van der Waals surface area contributed by atoms with E-state index in [-0.39, 0.29) is 0 Å². The third kappa shape index (κ3) is 4.27. The van der Waals surface area contributed by atoms with E-state index < -0.39 is 0 Å². The van der Waals surface area contributed by atoms with E-state index in [1.807, 2.05) is 31.8 Å². The van der Waals surface area contributed by atoms with Crippen molar-refractivity contribution in [3.05, 3.63) is 54.6 Å². The maximum atomic E-state index is 5.66. The Labute approximate surface area is 208 Å². The van der Waals surface area contributed by atoms with Crippen LogP contribution in [0, 0.1) is 5.92 Å². The highest BCUT2D eigenvalue weighted by atomic mass is 32.1. The molecule has 1 N–H and O–H groups in total. The van der Waals surface area contributed by atoms with Crippen LogP contribution in [0.1, 0.15) is 38.2 Å². The number of anilines is 1. The summed E-state index contributed by atoms with van der Waals surface area (Å²) >= 11 is 1.76. The van der Waals surface area contributed by atoms with Crippen LogP contribution in [-0.2, 0) is 13.6 Å². The molecule has 2 aromatic carbocycles. The Morgan fingerprint density at radius 3 is 2.83 bits per heavy atom. The van der Waals surface area contributed by atoms with Gasteiger partial charge in [0.2, 0.25) is 0 Å². The van der Waals surface area contributed by atoms with Crippen molar-refractivity contribution in [1.29, 1.82) is 0 Å². The second-order valence-corrected chi connectivity index (χ2v) is 10.7. The molecule has 0 radical (unpaired) electrons. The summed E-state index contributed by atoms with van der Waals surface area (Å²) in [7, 11) is 3.62. The van der Waals surface area contributed by atoms with Crippen LogP contribution in [0.4, 0.5) is 5.13 Å². The Morgan fingerprint density at radius 1 is 1.14 bits per heavy atom. The maximum absolute atomic E-state index is 5.66. The van der Waals surface area contributed by atoms with Gasteiger partial charge in [-0.2, -0.15) is 5.10 Å². The molecule has 35 heavy (non-hydrogen) atoms. The Kier molecular flexibility index (Phi) is 5.68. The molecule has 2 unspecified atom stereocenters. The number of rotatable bonds is 6. The molecule has 3 aromatic heterocycles. The molecule has 1 saturated carbocycles. The zero-order valence-corrected chi connectivity index (χ0v) is 21.2. The van der Waals surface area contributed by atoms with E-state index in [9.17, 15) is 0 Å². The van der Waals surface area contributed by atoms with Crippen molar-refractivity contribution in [2.45, 2.75) is 45.2 Å². The van der Waals surface area contributed by atoms with Gasteiger partial charge in [0, 0.05) is 43.0 Å². The molecule has 180 valence electrons. The van der Waals surface area contributed by atoms with Gasteiger partial charge in [-0.15, -0.1) is 0 Å². The predicted molar refractivity (Wildman–Crippen MR) is 142 cm³/mol. The number of methoxy groups -OCH3 is 1. The van der Waals surface area contributed by atoms with Gasteiger partial charge >= 0.3 is 0 Å². The van der Waals surface area contributed by atoms with E-state index >= 15 is 0 Å². The van der Waals surface area contributed by atoms with Crippen LogP contribution in [0.2, 0.25) is 0 Å². The van der Waals surface area contributed by atoms with Gasteiger partial charge in [-0.3, -0.25) is 4.68 Å². The SMILES string of the molecule is COc1cc2ncn(Cc3ccc4nc(NC5CCCCC5C)sc4c3)c2cc1-c1cnn(C)c1. The molecule has 3 heterocycles. The number of aromatic nitrogens is 5. The summed E-state index contributed by atoms with van der Waals surface area (Å²) in [6, 6.07) is 11.3. The van der Waals surface area contributed by atoms with Crippen LogP contribution in [0.25, 0.3) is 32.4 Å². The summed E-state index contributed by atoms with van der Waals surface area (Å²) in [4.78, 5) is 9.51. The Balaban J connectivity index is 1.29. The molecule has 7 nitrogen and oxygen atoms in total. The molecule has 2 atom stereocenters. The van der Waals surface area contributed by atoms with Gasteiger partial charge in [0.1, 0.15) is 5.75 Å². The van der Waals surface area contributed by atoms with Gasteiger partial charge in [0.25, 0.3) is 0 Å². The first kappa shape index (κ1) is 22.1. The highest BCUT2D eigenvalue weighted by Crippen LogP contribution is 2.35. The number of hydrogen-bond donors (Lipinski definition) is 1. The van der Waals surface area contributed by atoms with E-state index in [0.29, 0.717) is 12.0 Å². The van der Waals surface area contributed by atoms with Gasteiger partial charge in [-0.1, -0.05) is 37.2 Å². The monoisotopic (exact) mass is 486 g/mol. The first-order chi connectivity index (χ1) is 17.1. The van der Waals surface area contributed by atoms with E-state index in [1.54, 1.807) is 23.1 Å². The van der Waals surface area contributed by atoms with Gasteiger partial charge in [0.15, 0.2) is 5.13 Å². The topological polar surface area (TPSA) is 69.8 Å². The summed E-state index contributed by atoms with van der Waals surface area (Å²) in [5.74, 6) is 1.50. The van der Waals surface area contributed by atoms with Crippen molar-refractivity contribution in [2.75, 3.05) is 12.4 Å². The fourth-order valence-corrected chi connectivity index (χ4v) is 6.17. The largest absolute Gasteiger partial charge is 0.496 e. The van der Waals surface area contributed by atoms with E-state index in [0.717, 1.165) is 45.1 Å². The minimum absolute atomic E-state index is 0.534. The third-order valence-corrected chi connectivity index (χ3v) is 8.13. The van der Waals surface area contributed by atoms with E-state index in [4.69, 9.17) is 9.72 Å². The molecule has 0 spiro atoms. The van der Waals surface area contributed by atoms with E-state index in [2.05, 4.69) is 51.2 Å². The molecule has 0 amide bonds. The summed E-state index contributed by atoms with van der Waals surface area (Å²) in [5, 5.41) is 9.08. The zero-order valence-electron chi connectivity index (χ0n) is 20.4. The second-order valence-electron chi connectivity index (χ2n) is 9.65. The smallest absolute Gasteiger partial charge is 0.184 e. The van der Waals surface area contributed by atoms with Crippen molar-refractivity contribution in [1.82, 2.24) is 24.3 Å². The summed E-state index contributed by atoms with van der Waals surface area (Å²) < 4.78 is 10.9. The van der Waals surface area contributed by atoms with Crippen LogP contribution in [-0.4, -0.2) is 37.5 Å². The van der Waals surface area contributed by atoms with Crippen molar-refractivity contribution in [2.24, 2.45) is 13.0 Å². The minimum Gasteiger partial charge on any atom is -0.496 e. The number of aryl methyl sites for hydroxylation is 1. The Bertz CT molecular complexity index is 1500. The number of fused-ring (bicyclic) bond motifs is 2. The third-order valence-electron chi connectivity index (χ3n) is 7.18. The second kappa shape index (κ2) is 9.00. The lowest BCUT2D eigenvalue weighted by Gasteiger charge is -2.29. The molecule has 8 heteroatoms. The maximum Gasteiger partial charge on any atom is 0.184 e. The summed E-state index contributed by atoms with van der Waals surface area (Å²) in [6.45, 7) is 3.10. The molecule has 6 rings (SSSR count). The average molecular weight is 487 g/mol. The van der Waals surface area contributed by atoms with Gasteiger partial charge < -0.3 is 14.6 Å². The number of imidazole rings is 1. The van der Waals surface area contributed by atoms with Crippen molar-refractivity contribution >= 4 is 37.7 Å². The molecule has 5 aromatic rings. The molecule has 1 fully saturated rings. The molecule has 0 aliphatic heterocycles. The number of benzene rings is 2. The predicted octanol–water partition coefficient (Wildman–Crippen LogP) is 6.09. The Morgan fingerprint density at radius 2 is 2.03 bits per heavy atom. The zero-order chi connectivity index (χ0) is 23.9. The molecule has 1 aliphatic rings. The lowest BCUT2D eigenvalue weighted by molar-refractivity contribution is 0.349. The fraction of sp³-hybridized carbons (Fsp3) is 0.370. The standard InChI is InChI=1S/C27H30N6OS/c1-17-6-4-5-7-21(17)30-27-31-22-9-8-18(10-26(22)35-27)14-33-16-28-23-12-25(34-3)20(11-24(23)33)19-13-29-32(2)15-19/h8-13,15-17,21H,4-7,14H2,1-3H3,(H,30,31). The van der Waals surface area contributed by atoms with Crippen LogP contribution in [0.3, 0.4) is 0 Å². The van der Waals surface area contributed by atoms with Crippen molar-refractivity contribution < 1.29 is 4.74 Å². The minimum atomic E-state index is 0.534. The van der Waals surface area contributed by atoms with Crippen LogP contribution in [0.15, 0.2) is 49.1 Å². The first-order valence-corrected chi connectivity index (χ1v) is 13.1. The summed E-state index contributed by atoms with van der Waals surface area (Å²) in [5.41, 5.74) is 6.32. The molecule has 0 bridgehead atoms. The number of nitrogens with one attached hydrogen (secondary N) is 1. The van der Waals surface area contributed by atoms with Crippen molar-refractivity contribution in [3.63, 3.8) is 0 Å². The van der Waals surface area contributed by atoms with Crippen LogP contribution < -0.4 is 10.1 Å². The molecule has 0 saturated heterocycles. The lowest BCUT2D eigenvalue weighted by Crippen LogP contribution is -2.30. The van der Waals surface area contributed by atoms with Crippen LogP contribution in [0.5, 0.6) is 5.75 Å². The molecular formula is C27H30N6OS. The quantitative estimate of drug-likeness (QED) is 0.314. The number of thiazole rings is 1. The summed E-state index contributed by atoms with van der Waals surface area (Å²) in [6.07, 6.45) is 11.0. The van der Waals surface area contributed by atoms with Crippen LogP contribution >= 0.6 is 11.3 Å². The van der Waals surface area contributed by atoms with Gasteiger partial charge in [-0.05, 0) is 42.5 Å². The highest BCUT2D eigenvalue weighted by molar-refractivity contribution is 7.22. The lowest BCUT2D eigenvalue weighted by atomic mass is 9.86. The van der Waals surface area contributed by atoms with Gasteiger partial charge in [-0.25, -0.2) is 9.97 Å². The average Bonchev–Trinajstić information content (AvgIpc) is 3.57. The number of hydrogen-bond acceptors (Lipinski definition) is 6. The van der Waals surface area contributed by atoms with Gasteiger partial charge in [0.05, 0.1) is 40.9 Å². The Hall–Kier alpha value is -3.39. The highest BCUT2D eigenvalue weighted by Gasteiger charge is 2.22. The number of nitrogens with zero attached hydrogens (tertiary/aromatic N) is 5. The number of ether oxygens (including phenoxy) is 1. The molecular weight excluding hydrogens is 456 g/mol. The van der Waals surface area contributed by atoms with E-state index in [1.165, 1.54) is 35.9 Å².